The minimum Gasteiger partial charge on any atom is -0.870 e. The lowest BCUT2D eigenvalue weighted by atomic mass is 13.9. The highest BCUT2D eigenvalue weighted by atomic mass is 31.0. The van der Waals surface area contributed by atoms with Crippen LogP contribution in [0.3, 0.4) is 0 Å². The van der Waals surface area contributed by atoms with Crippen molar-refractivity contribution < 1.29 is 5.48 Å². The molecule has 0 saturated carbocycles. The van der Waals surface area contributed by atoms with Gasteiger partial charge >= 0.3 is 0 Å². The molecule has 0 rings (SSSR count). The van der Waals surface area contributed by atoms with Crippen molar-refractivity contribution in [3.05, 3.63) is 0 Å². The standard InChI is InChI=1S/H6NP2.H2O/c2-1-3;/h2-3H3;1H2/q+1;/p-1. The van der Waals surface area contributed by atoms with E-state index in [1.807, 2.05) is 0 Å². The summed E-state index contributed by atoms with van der Waals surface area (Å²) in [5.41, 5.74) is 0. The first-order valence-electron chi connectivity index (χ1n) is 0.632. The van der Waals surface area contributed by atoms with Crippen molar-refractivity contribution in [2.24, 2.45) is 0 Å². The van der Waals surface area contributed by atoms with Crippen LogP contribution in [-0.2, 0) is 0 Å². The van der Waals surface area contributed by atoms with Crippen LogP contribution in [0.5, 0.6) is 0 Å². The van der Waals surface area contributed by atoms with Crippen LogP contribution in [0.2, 0.25) is 0 Å². The van der Waals surface area contributed by atoms with Gasteiger partial charge in [-0.3, -0.25) is 0 Å². The van der Waals surface area contributed by atoms with Gasteiger partial charge in [-0.2, -0.15) is 4.17 Å². The Hall–Kier alpha value is 0.530. The van der Waals surface area contributed by atoms with Gasteiger partial charge in [0.1, 0.15) is 0 Å². The molecular weight excluding hydrogens is 92.0 g/mol. The number of hydrogen-bond acceptors (Lipinski definition) is 1. The van der Waals surface area contributed by atoms with Gasteiger partial charge in [-0.05, 0) is 0 Å². The van der Waals surface area contributed by atoms with Crippen LogP contribution in [0.25, 0.3) is 0 Å². The number of hydrogen-bond donors (Lipinski definition) is 0. The van der Waals surface area contributed by atoms with Crippen molar-refractivity contribution in [2.45, 2.75) is 0 Å². The zero-order valence-corrected chi connectivity index (χ0v) is 5.14. The van der Waals surface area contributed by atoms with E-state index in [9.17, 15) is 0 Å². The molecule has 0 aromatic rings. The van der Waals surface area contributed by atoms with Crippen molar-refractivity contribution in [2.75, 3.05) is 0 Å². The normalized spacial score (nSPS) is 4.00. The average molecular weight is 99.0 g/mol. The van der Waals surface area contributed by atoms with E-state index in [-0.39, 0.29) is 5.48 Å². The molecule has 2 unspecified atom stereocenters. The monoisotopic (exact) mass is 99.0 g/mol. The van der Waals surface area contributed by atoms with Crippen molar-refractivity contribution >= 4 is 18.1 Å². The average Bonchev–Trinajstić information content (AvgIpc) is 0.918. The van der Waals surface area contributed by atoms with E-state index in [1.54, 1.807) is 18.1 Å². The van der Waals surface area contributed by atoms with Gasteiger partial charge in [-0.1, -0.05) is 0 Å². The first-order chi connectivity index (χ1) is 1.41. The second-order valence-corrected chi connectivity index (χ2v) is 2.01. The molecule has 0 aliphatic carbocycles. The molecule has 2 nitrogen and oxygen atoms in total. The molecule has 2 atom stereocenters. The van der Waals surface area contributed by atoms with Gasteiger partial charge in [0, 0.05) is 0 Å². The Morgan fingerprint density at radius 2 is 1.25 bits per heavy atom. The molecule has 4 heteroatoms. The highest BCUT2D eigenvalue weighted by Crippen LogP contribution is 1.40. The highest BCUT2D eigenvalue weighted by molar-refractivity contribution is 7.12. The maximum Gasteiger partial charge on any atom is 0.183 e. The number of rotatable bonds is 0. The molecule has 0 bridgehead atoms. The maximum atomic E-state index is 3.56. The van der Waals surface area contributed by atoms with E-state index in [4.69, 9.17) is 0 Å². The molecule has 0 radical (unpaired) electrons. The molecule has 1 N–H and O–H groups in total. The fourth-order valence-corrected chi connectivity index (χ4v) is 0. The number of nitrogens with zero attached hydrogens (tertiary/aromatic N) is 1. The third-order valence-electron chi connectivity index (χ3n) is 0. The summed E-state index contributed by atoms with van der Waals surface area (Å²) in [4.78, 5) is 0. The molecule has 0 fully saturated rings. The Morgan fingerprint density at radius 1 is 1.25 bits per heavy atom. The topological polar surface area (TPSA) is 44.1 Å². The van der Waals surface area contributed by atoms with E-state index in [2.05, 4.69) is 4.17 Å². The Balaban J connectivity index is 0. The summed E-state index contributed by atoms with van der Waals surface area (Å²) in [7, 11) is 3.22. The predicted octanol–water partition coefficient (Wildman–Crippen LogP) is -0.541. The zero-order chi connectivity index (χ0) is 2.71. The molecule has 0 aromatic heterocycles. The second kappa shape index (κ2) is 9.65. The van der Waals surface area contributed by atoms with Gasteiger partial charge in [0.2, 0.25) is 0 Å². The smallest absolute Gasteiger partial charge is 0.183 e. The van der Waals surface area contributed by atoms with Crippen LogP contribution in [0, 0.1) is 0 Å². The van der Waals surface area contributed by atoms with E-state index in [1.165, 1.54) is 0 Å². The van der Waals surface area contributed by atoms with Crippen LogP contribution in [0.15, 0.2) is 0 Å². The van der Waals surface area contributed by atoms with Crippen LogP contribution in [-0.4, -0.2) is 5.48 Å². The summed E-state index contributed by atoms with van der Waals surface area (Å²) >= 11 is 0. The van der Waals surface area contributed by atoms with E-state index < -0.39 is 0 Å². The van der Waals surface area contributed by atoms with Crippen molar-refractivity contribution in [3.63, 3.8) is 0 Å². The summed E-state index contributed by atoms with van der Waals surface area (Å²) in [6.45, 7) is 0. The Kier molecular flexibility index (Phi) is 21.3. The minimum atomic E-state index is 0. The molecule has 0 saturated heterocycles. The molecule has 0 spiro atoms. The molecular formula is H7NOP2. The summed E-state index contributed by atoms with van der Waals surface area (Å²) in [6, 6.07) is 0. The third-order valence-corrected chi connectivity index (χ3v) is 0. The quantitative estimate of drug-likeness (QED) is 0.297. The van der Waals surface area contributed by atoms with E-state index in [0.29, 0.717) is 0 Å². The highest BCUT2D eigenvalue weighted by Gasteiger charge is 1.01. The summed E-state index contributed by atoms with van der Waals surface area (Å²) in [5, 5.41) is 0. The second-order valence-electron chi connectivity index (χ2n) is 0.224. The third kappa shape index (κ3) is 21.1. The van der Waals surface area contributed by atoms with Gasteiger partial charge in [-0.25, -0.2) is 0 Å². The first-order valence-corrected chi connectivity index (χ1v) is 1.90. The SMILES string of the molecule is [OH-].[PH3]=[N+]=[PH3]. The molecule has 28 valence electrons. The minimum absolute atomic E-state index is 0. The molecule has 0 aliphatic rings. The zero-order valence-electron chi connectivity index (χ0n) is 2.31. The predicted molar refractivity (Wildman–Crippen MR) is 26.3 cm³/mol. The lowest BCUT2D eigenvalue weighted by Crippen LogP contribution is -1.01. The maximum absolute atomic E-state index is 3.56. The molecule has 4 heavy (non-hydrogen) atoms. The fourth-order valence-electron chi connectivity index (χ4n) is 0. The van der Waals surface area contributed by atoms with Crippen LogP contribution < -0.4 is 4.17 Å². The van der Waals surface area contributed by atoms with Gasteiger partial charge in [-0.15, -0.1) is 0 Å². The largest absolute Gasteiger partial charge is 0.870 e. The van der Waals surface area contributed by atoms with E-state index >= 15 is 0 Å². The van der Waals surface area contributed by atoms with Crippen LogP contribution in [0.4, 0.5) is 0 Å². The summed E-state index contributed by atoms with van der Waals surface area (Å²) < 4.78 is 3.56. The lowest BCUT2D eigenvalue weighted by Gasteiger charge is -1.02. The van der Waals surface area contributed by atoms with Crippen molar-refractivity contribution in [3.8, 4) is 0 Å². The van der Waals surface area contributed by atoms with E-state index in [0.717, 1.165) is 0 Å². The molecule has 0 aliphatic heterocycles. The Morgan fingerprint density at radius 3 is 1.25 bits per heavy atom. The van der Waals surface area contributed by atoms with Gasteiger partial charge in [0.25, 0.3) is 0 Å². The summed E-state index contributed by atoms with van der Waals surface area (Å²) in [5.74, 6) is 0. The fraction of sp³-hybridized carbons (Fsp3) is 0. The molecule has 0 heterocycles. The van der Waals surface area contributed by atoms with Gasteiger partial charge < -0.3 is 5.48 Å². The molecule has 0 aromatic carbocycles. The Bertz CT molecular complexity index is 27.0. The summed E-state index contributed by atoms with van der Waals surface area (Å²) in [6.07, 6.45) is 0. The van der Waals surface area contributed by atoms with Crippen molar-refractivity contribution in [1.29, 1.82) is 0 Å². The molecule has 0 amide bonds. The van der Waals surface area contributed by atoms with Crippen LogP contribution in [0.1, 0.15) is 0 Å². The lowest BCUT2D eigenvalue weighted by molar-refractivity contribution is 0.824. The Labute approximate surface area is 28.8 Å². The van der Waals surface area contributed by atoms with Crippen LogP contribution >= 0.6 is 18.1 Å². The first kappa shape index (κ1) is 8.82. The van der Waals surface area contributed by atoms with Gasteiger partial charge in [0.05, 0.1) is 0 Å². The van der Waals surface area contributed by atoms with Crippen molar-refractivity contribution in [1.82, 2.24) is 4.17 Å². The van der Waals surface area contributed by atoms with Gasteiger partial charge in [0.15, 0.2) is 18.1 Å².